The van der Waals surface area contributed by atoms with E-state index in [4.69, 9.17) is 9.47 Å². The average molecular weight is 531 g/mol. The Bertz CT molecular complexity index is 1190. The fraction of sp³-hybridized carbons (Fsp3) is 0.320. The van der Waals surface area contributed by atoms with Gasteiger partial charge in [-0.3, -0.25) is 14.3 Å². The third-order valence-electron chi connectivity index (χ3n) is 5.49. The number of methoxy groups -OCH3 is 2. The zero-order chi connectivity index (χ0) is 26.1. The van der Waals surface area contributed by atoms with Crippen molar-refractivity contribution in [1.29, 1.82) is 0 Å². The molecule has 11 heteroatoms. The third-order valence-corrected chi connectivity index (χ3v) is 7.12. The van der Waals surface area contributed by atoms with Crippen LogP contribution in [-0.2, 0) is 24.1 Å². The predicted molar refractivity (Wildman–Crippen MR) is 141 cm³/mol. The summed E-state index contributed by atoms with van der Waals surface area (Å²) in [5.41, 5.74) is 3.00. The number of hydrogen-bond donors (Lipinski definition) is 2. The maximum Gasteiger partial charge on any atom is 0.292 e. The maximum absolute atomic E-state index is 13.6. The summed E-state index contributed by atoms with van der Waals surface area (Å²) >= 11 is -0.562. The summed E-state index contributed by atoms with van der Waals surface area (Å²) in [6, 6.07) is 13.5. The number of rotatable bonds is 12. The molecule has 0 fully saturated rings. The molecule has 0 spiro atoms. The van der Waals surface area contributed by atoms with Gasteiger partial charge in [0, 0.05) is 23.1 Å². The van der Waals surface area contributed by atoms with Crippen LogP contribution in [0.4, 0.5) is 0 Å². The van der Waals surface area contributed by atoms with E-state index in [-0.39, 0.29) is 17.5 Å². The molecule has 192 valence electrons. The monoisotopic (exact) mass is 530 g/mol. The quantitative estimate of drug-likeness (QED) is 0.372. The van der Waals surface area contributed by atoms with Crippen LogP contribution in [0.5, 0.6) is 11.5 Å². The average Bonchev–Trinajstić information content (AvgIpc) is 3.37. The van der Waals surface area contributed by atoms with Gasteiger partial charge in [0.25, 0.3) is 11.8 Å². The number of aryl methyl sites for hydroxylation is 1. The van der Waals surface area contributed by atoms with Crippen molar-refractivity contribution in [3.8, 4) is 11.5 Å². The lowest BCUT2D eigenvalue weighted by Crippen LogP contribution is -2.33. The van der Waals surface area contributed by atoms with Crippen LogP contribution in [-0.4, -0.2) is 53.7 Å². The molecule has 1 atom stereocenters. The van der Waals surface area contributed by atoms with Crippen LogP contribution >= 0.6 is 11.3 Å². The second-order valence-electron chi connectivity index (χ2n) is 7.87. The lowest BCUT2D eigenvalue weighted by atomic mass is 10.1. The highest BCUT2D eigenvalue weighted by Crippen LogP contribution is 2.30. The van der Waals surface area contributed by atoms with E-state index in [1.807, 2.05) is 25.1 Å². The maximum atomic E-state index is 13.6. The minimum Gasteiger partial charge on any atom is -0.496 e. The number of thiazole rings is 1. The van der Waals surface area contributed by atoms with Crippen molar-refractivity contribution < 1.29 is 23.3 Å². The number of aromatic nitrogens is 1. The van der Waals surface area contributed by atoms with Crippen molar-refractivity contribution in [2.75, 3.05) is 27.8 Å². The molecule has 0 radical (unpaired) electrons. The van der Waals surface area contributed by atoms with Crippen molar-refractivity contribution in [2.45, 2.75) is 26.3 Å². The molecule has 0 aliphatic carbocycles. The summed E-state index contributed by atoms with van der Waals surface area (Å²) in [5.74, 6) is 0.378. The number of benzene rings is 2. The number of hydrogen-bond acceptors (Lipinski definition) is 7. The Morgan fingerprint density at radius 2 is 1.78 bits per heavy atom. The number of carbonyl (C=O) groups is 2. The van der Waals surface area contributed by atoms with Crippen molar-refractivity contribution in [2.24, 2.45) is 0 Å². The van der Waals surface area contributed by atoms with Gasteiger partial charge in [-0.1, -0.05) is 30.3 Å². The van der Waals surface area contributed by atoms with Crippen molar-refractivity contribution >= 4 is 34.3 Å². The third kappa shape index (κ3) is 7.12. The van der Waals surface area contributed by atoms with Gasteiger partial charge >= 0.3 is 0 Å². The van der Waals surface area contributed by atoms with Gasteiger partial charge in [-0.05, 0) is 44.5 Å². The summed E-state index contributed by atoms with van der Waals surface area (Å²) < 4.78 is 27.2. The Morgan fingerprint density at radius 1 is 1.11 bits per heavy atom. The number of nitrogens with one attached hydrogen (secondary N) is 2. The molecule has 1 unspecified atom stereocenters. The molecule has 0 bridgehead atoms. The van der Waals surface area contributed by atoms with E-state index in [0.717, 1.165) is 29.7 Å². The van der Waals surface area contributed by atoms with Crippen LogP contribution in [0, 0.1) is 6.92 Å². The summed E-state index contributed by atoms with van der Waals surface area (Å²) in [7, 11) is 4.57. The first-order valence-electron chi connectivity index (χ1n) is 11.3. The fourth-order valence-corrected chi connectivity index (χ4v) is 4.76. The van der Waals surface area contributed by atoms with Gasteiger partial charge in [-0.25, -0.2) is 13.9 Å². The first-order valence-corrected chi connectivity index (χ1v) is 13.3. The van der Waals surface area contributed by atoms with E-state index in [0.29, 0.717) is 29.3 Å². The van der Waals surface area contributed by atoms with Crippen LogP contribution in [0.3, 0.4) is 0 Å². The smallest absolute Gasteiger partial charge is 0.292 e. The number of nitrogens with zero attached hydrogens (tertiary/aromatic N) is 2. The van der Waals surface area contributed by atoms with E-state index in [9.17, 15) is 13.8 Å². The van der Waals surface area contributed by atoms with Gasteiger partial charge in [0.15, 0.2) is 16.2 Å². The van der Waals surface area contributed by atoms with E-state index < -0.39 is 17.1 Å². The van der Waals surface area contributed by atoms with E-state index in [1.54, 1.807) is 36.6 Å². The largest absolute Gasteiger partial charge is 0.496 e. The van der Waals surface area contributed by atoms with Gasteiger partial charge in [0.05, 0.1) is 26.5 Å². The van der Waals surface area contributed by atoms with Crippen LogP contribution in [0.25, 0.3) is 0 Å². The molecule has 3 rings (SSSR count). The molecule has 0 saturated carbocycles. The minimum atomic E-state index is -1.69. The Balaban J connectivity index is 1.82. The number of carbonyl (C=O) groups excluding carboxylic acids is 2. The van der Waals surface area contributed by atoms with E-state index >= 15 is 0 Å². The Morgan fingerprint density at radius 3 is 2.39 bits per heavy atom. The second-order valence-corrected chi connectivity index (χ2v) is 9.88. The lowest BCUT2D eigenvalue weighted by Gasteiger charge is -2.23. The van der Waals surface area contributed by atoms with Gasteiger partial charge in [-0.15, -0.1) is 11.3 Å². The van der Waals surface area contributed by atoms with E-state index in [1.165, 1.54) is 12.6 Å². The van der Waals surface area contributed by atoms with Gasteiger partial charge in [-0.2, -0.15) is 0 Å². The molecule has 36 heavy (non-hydrogen) atoms. The van der Waals surface area contributed by atoms with Crippen LogP contribution in [0.15, 0.2) is 47.8 Å². The van der Waals surface area contributed by atoms with Crippen LogP contribution in [0.1, 0.15) is 43.4 Å². The summed E-state index contributed by atoms with van der Waals surface area (Å²) in [6.45, 7) is 2.56. The topological polar surface area (TPSA) is 110 Å². The predicted octanol–water partition coefficient (Wildman–Crippen LogP) is 3.27. The molecule has 9 nitrogen and oxygen atoms in total. The zero-order valence-corrected chi connectivity index (χ0v) is 22.3. The lowest BCUT2D eigenvalue weighted by molar-refractivity contribution is 0.0738. The highest BCUT2D eigenvalue weighted by molar-refractivity contribution is 7.81. The van der Waals surface area contributed by atoms with Gasteiger partial charge in [0.2, 0.25) is 0 Å². The molecule has 2 aromatic carbocycles. The highest BCUT2D eigenvalue weighted by Gasteiger charge is 2.22. The van der Waals surface area contributed by atoms with Crippen LogP contribution in [0.2, 0.25) is 0 Å². The first kappa shape index (κ1) is 27.3. The highest BCUT2D eigenvalue weighted by atomic mass is 32.2. The summed E-state index contributed by atoms with van der Waals surface area (Å²) in [5, 5.41) is 1.90. The van der Waals surface area contributed by atoms with Crippen molar-refractivity contribution in [3.05, 3.63) is 75.2 Å². The van der Waals surface area contributed by atoms with Gasteiger partial charge in [0.1, 0.15) is 11.5 Å². The minimum absolute atomic E-state index is 0.170. The molecule has 0 saturated heterocycles. The molecular formula is C25H30N4O5S2. The molecule has 2 amide bonds. The molecule has 1 aromatic heterocycles. The molecule has 0 aliphatic rings. The molecule has 2 N–H and O–H groups in total. The zero-order valence-electron chi connectivity index (χ0n) is 20.7. The first-order chi connectivity index (χ1) is 17.4. The SMILES string of the molecule is CNS(=O)NC(=O)c1nc(CN(CCCc2ccccc2)C(=O)c2cc(OC)c(C)c(OC)c2)cs1. The molecule has 1 heterocycles. The standard InChI is InChI=1S/C25H30N4O5S2/c1-17-21(33-3)13-19(14-22(17)34-4)25(31)29(12-8-11-18-9-6-5-7-10-18)15-20-16-35-24(27-20)23(30)28-36(32)26-2/h5-7,9-10,13-14,16,26H,8,11-12,15H2,1-4H3,(H,28,30). The molecule has 3 aromatic rings. The summed E-state index contributed by atoms with van der Waals surface area (Å²) in [6.07, 6.45) is 1.56. The van der Waals surface area contributed by atoms with Crippen molar-refractivity contribution in [1.82, 2.24) is 19.3 Å². The Kier molecular flexibility index (Phi) is 9.97. The molecule has 0 aliphatic heterocycles. The Hall–Kier alpha value is -3.28. The van der Waals surface area contributed by atoms with E-state index in [2.05, 4.69) is 26.6 Å². The van der Waals surface area contributed by atoms with Crippen LogP contribution < -0.4 is 18.9 Å². The number of ether oxygens (including phenoxy) is 2. The Labute approximate surface area is 217 Å². The number of amides is 2. The fourth-order valence-electron chi connectivity index (χ4n) is 3.62. The van der Waals surface area contributed by atoms with Crippen molar-refractivity contribution in [3.63, 3.8) is 0 Å². The molecular weight excluding hydrogens is 500 g/mol. The second kappa shape index (κ2) is 13.1. The normalized spacial score (nSPS) is 11.6. The van der Waals surface area contributed by atoms with Gasteiger partial charge < -0.3 is 14.4 Å². The summed E-state index contributed by atoms with van der Waals surface area (Å²) in [4.78, 5) is 32.0.